The van der Waals surface area contributed by atoms with Crippen molar-refractivity contribution in [3.8, 4) is 0 Å². The highest BCUT2D eigenvalue weighted by molar-refractivity contribution is 6.35. The Morgan fingerprint density at radius 3 is 3.08 bits per heavy atom. The number of aliphatic hydroxyl groups excluding tert-OH is 1. The molecular formula is C8H7ClN2O. The first-order valence-electron chi connectivity index (χ1n) is 3.54. The van der Waals surface area contributed by atoms with Gasteiger partial charge in [-0.1, -0.05) is 17.7 Å². The Hall–Kier alpha value is -1.06. The van der Waals surface area contributed by atoms with Crippen LogP contribution in [0.3, 0.4) is 0 Å². The molecule has 0 saturated heterocycles. The van der Waals surface area contributed by atoms with Crippen LogP contribution < -0.4 is 0 Å². The molecule has 1 aromatic heterocycles. The van der Waals surface area contributed by atoms with E-state index in [0.29, 0.717) is 16.1 Å². The van der Waals surface area contributed by atoms with Crippen LogP contribution in [0.15, 0.2) is 18.5 Å². The summed E-state index contributed by atoms with van der Waals surface area (Å²) in [6.07, 6.45) is 1.58. The summed E-state index contributed by atoms with van der Waals surface area (Å²) in [6, 6.07) is 3.63. The average Bonchev–Trinajstić information content (AvgIpc) is 2.53. The van der Waals surface area contributed by atoms with Crippen LogP contribution in [-0.4, -0.2) is 15.1 Å². The number of H-pyrrole nitrogens is 1. The highest BCUT2D eigenvalue weighted by atomic mass is 35.5. The molecule has 0 unspecified atom stereocenters. The lowest BCUT2D eigenvalue weighted by atomic mass is 10.2. The lowest BCUT2D eigenvalue weighted by Gasteiger charge is -1.99. The second-order valence-electron chi connectivity index (χ2n) is 2.50. The lowest BCUT2D eigenvalue weighted by Crippen LogP contribution is -1.85. The molecule has 2 aromatic rings. The number of fused-ring (bicyclic) bond motifs is 1. The van der Waals surface area contributed by atoms with Crippen molar-refractivity contribution in [2.45, 2.75) is 6.61 Å². The highest BCUT2D eigenvalue weighted by Gasteiger charge is 2.05. The number of imidazole rings is 1. The zero-order valence-corrected chi connectivity index (χ0v) is 6.97. The number of nitrogens with zero attached hydrogens (tertiary/aromatic N) is 1. The van der Waals surface area contributed by atoms with Gasteiger partial charge in [0.15, 0.2) is 0 Å². The molecule has 3 nitrogen and oxygen atoms in total. The summed E-state index contributed by atoms with van der Waals surface area (Å²) in [7, 11) is 0. The van der Waals surface area contributed by atoms with Crippen molar-refractivity contribution in [1.29, 1.82) is 0 Å². The number of hydrogen-bond donors (Lipinski definition) is 2. The molecule has 2 rings (SSSR count). The summed E-state index contributed by atoms with van der Waals surface area (Å²) in [6.45, 7) is -0.0539. The van der Waals surface area contributed by atoms with E-state index in [0.717, 1.165) is 5.52 Å². The van der Waals surface area contributed by atoms with Gasteiger partial charge in [-0.15, -0.1) is 0 Å². The van der Waals surface area contributed by atoms with Gasteiger partial charge in [-0.05, 0) is 11.6 Å². The van der Waals surface area contributed by atoms with Crippen LogP contribution in [0.25, 0.3) is 11.0 Å². The van der Waals surface area contributed by atoms with E-state index in [4.69, 9.17) is 16.7 Å². The fourth-order valence-electron chi connectivity index (χ4n) is 1.14. The number of aromatic amines is 1. The molecular weight excluding hydrogens is 176 g/mol. The Morgan fingerprint density at radius 1 is 1.50 bits per heavy atom. The molecule has 0 bridgehead atoms. The van der Waals surface area contributed by atoms with Gasteiger partial charge < -0.3 is 10.1 Å². The second-order valence-corrected chi connectivity index (χ2v) is 2.87. The number of aliphatic hydroxyl groups is 1. The lowest BCUT2D eigenvalue weighted by molar-refractivity contribution is 0.282. The number of halogens is 1. The van der Waals surface area contributed by atoms with E-state index in [9.17, 15) is 0 Å². The highest BCUT2D eigenvalue weighted by Crippen LogP contribution is 2.24. The van der Waals surface area contributed by atoms with Crippen molar-refractivity contribution in [3.05, 3.63) is 29.0 Å². The molecule has 4 heteroatoms. The van der Waals surface area contributed by atoms with Crippen molar-refractivity contribution >= 4 is 22.6 Å². The van der Waals surface area contributed by atoms with E-state index in [2.05, 4.69) is 9.97 Å². The van der Waals surface area contributed by atoms with Gasteiger partial charge in [0.25, 0.3) is 0 Å². The number of rotatable bonds is 1. The van der Waals surface area contributed by atoms with Gasteiger partial charge in [0.1, 0.15) is 5.52 Å². The van der Waals surface area contributed by atoms with Crippen molar-refractivity contribution < 1.29 is 5.11 Å². The molecule has 1 heterocycles. The maximum atomic E-state index is 8.89. The molecule has 0 aliphatic carbocycles. The summed E-state index contributed by atoms with van der Waals surface area (Å²) in [5, 5.41) is 9.42. The zero-order valence-electron chi connectivity index (χ0n) is 6.21. The molecule has 0 amide bonds. The van der Waals surface area contributed by atoms with Gasteiger partial charge in [0.2, 0.25) is 0 Å². The monoisotopic (exact) mass is 182 g/mol. The molecule has 1 aromatic carbocycles. The fourth-order valence-corrected chi connectivity index (χ4v) is 1.41. The SMILES string of the molecule is OCc1ccc2[nH]cnc2c1Cl. The van der Waals surface area contributed by atoms with Crippen molar-refractivity contribution in [3.63, 3.8) is 0 Å². The third-order valence-corrected chi connectivity index (χ3v) is 2.20. The molecule has 0 fully saturated rings. The predicted octanol–water partition coefficient (Wildman–Crippen LogP) is 1.71. The molecule has 0 aliphatic heterocycles. The smallest absolute Gasteiger partial charge is 0.107 e. The molecule has 0 atom stereocenters. The molecule has 0 aliphatic rings. The number of benzene rings is 1. The molecule has 62 valence electrons. The maximum Gasteiger partial charge on any atom is 0.107 e. The molecule has 0 spiro atoms. The first kappa shape index (κ1) is 7.58. The van der Waals surface area contributed by atoms with Crippen LogP contribution >= 0.6 is 11.6 Å². The van der Waals surface area contributed by atoms with Crippen LogP contribution in [-0.2, 0) is 6.61 Å². The fraction of sp³-hybridized carbons (Fsp3) is 0.125. The Labute approximate surface area is 74.0 Å². The number of nitrogens with one attached hydrogen (secondary N) is 1. The van der Waals surface area contributed by atoms with Crippen LogP contribution in [0.2, 0.25) is 5.02 Å². The van der Waals surface area contributed by atoms with E-state index >= 15 is 0 Å². The predicted molar refractivity (Wildman–Crippen MR) is 47.0 cm³/mol. The second kappa shape index (κ2) is 2.77. The summed E-state index contributed by atoms with van der Waals surface area (Å²) in [4.78, 5) is 6.96. The summed E-state index contributed by atoms with van der Waals surface area (Å²) >= 11 is 5.94. The minimum atomic E-state index is -0.0539. The largest absolute Gasteiger partial charge is 0.392 e. The third kappa shape index (κ3) is 0.983. The summed E-state index contributed by atoms with van der Waals surface area (Å²) in [5.41, 5.74) is 2.30. The standard InChI is InChI=1S/C8H7ClN2O/c9-7-5(3-12)1-2-6-8(7)11-4-10-6/h1-2,4,12H,3H2,(H,10,11). The van der Waals surface area contributed by atoms with Crippen molar-refractivity contribution in [2.75, 3.05) is 0 Å². The first-order chi connectivity index (χ1) is 5.83. The van der Waals surface area contributed by atoms with Crippen molar-refractivity contribution in [1.82, 2.24) is 9.97 Å². The molecule has 0 radical (unpaired) electrons. The number of hydrogen-bond acceptors (Lipinski definition) is 2. The van der Waals surface area contributed by atoms with E-state index in [-0.39, 0.29) is 6.61 Å². The quantitative estimate of drug-likeness (QED) is 0.706. The third-order valence-electron chi connectivity index (χ3n) is 1.78. The van der Waals surface area contributed by atoms with Gasteiger partial charge in [0, 0.05) is 0 Å². The minimum absolute atomic E-state index is 0.0539. The van der Waals surface area contributed by atoms with Gasteiger partial charge in [0.05, 0.1) is 23.5 Å². The van der Waals surface area contributed by atoms with Gasteiger partial charge in [-0.3, -0.25) is 0 Å². The Balaban J connectivity index is 2.78. The van der Waals surface area contributed by atoms with Crippen molar-refractivity contribution in [2.24, 2.45) is 0 Å². The Morgan fingerprint density at radius 2 is 2.33 bits per heavy atom. The van der Waals surface area contributed by atoms with Crippen LogP contribution in [0, 0.1) is 0 Å². The van der Waals surface area contributed by atoms with Gasteiger partial charge in [-0.2, -0.15) is 0 Å². The van der Waals surface area contributed by atoms with E-state index in [1.54, 1.807) is 12.4 Å². The molecule has 0 saturated carbocycles. The topological polar surface area (TPSA) is 48.9 Å². The Kier molecular flexibility index (Phi) is 1.75. The van der Waals surface area contributed by atoms with E-state index in [1.165, 1.54) is 0 Å². The minimum Gasteiger partial charge on any atom is -0.392 e. The van der Waals surface area contributed by atoms with Crippen LogP contribution in [0.5, 0.6) is 0 Å². The zero-order chi connectivity index (χ0) is 8.55. The first-order valence-corrected chi connectivity index (χ1v) is 3.92. The maximum absolute atomic E-state index is 8.89. The van der Waals surface area contributed by atoms with Gasteiger partial charge in [-0.25, -0.2) is 4.98 Å². The number of aromatic nitrogens is 2. The van der Waals surface area contributed by atoms with E-state index in [1.807, 2.05) is 6.07 Å². The van der Waals surface area contributed by atoms with E-state index < -0.39 is 0 Å². The van der Waals surface area contributed by atoms with Crippen LogP contribution in [0.1, 0.15) is 5.56 Å². The van der Waals surface area contributed by atoms with Crippen LogP contribution in [0.4, 0.5) is 0 Å². The molecule has 2 N–H and O–H groups in total. The summed E-state index contributed by atoms with van der Waals surface area (Å²) < 4.78 is 0. The normalized spacial score (nSPS) is 10.8. The van der Waals surface area contributed by atoms with Gasteiger partial charge >= 0.3 is 0 Å². The molecule has 12 heavy (non-hydrogen) atoms. The Bertz CT molecular complexity index is 410. The average molecular weight is 183 g/mol. The summed E-state index contributed by atoms with van der Waals surface area (Å²) in [5.74, 6) is 0.